The van der Waals surface area contributed by atoms with E-state index in [1.807, 2.05) is 6.92 Å². The second-order valence-corrected chi connectivity index (χ2v) is 10.4. The molecule has 1 aliphatic rings. The molecule has 1 aliphatic heterocycles. The Hall–Kier alpha value is -1.70. The summed E-state index contributed by atoms with van der Waals surface area (Å²) in [6.07, 6.45) is -4.27. The fraction of sp³-hybridized carbons (Fsp3) is 0.438. The van der Waals surface area contributed by atoms with Crippen LogP contribution in [0.2, 0.25) is 0 Å². The van der Waals surface area contributed by atoms with Crippen molar-refractivity contribution >= 4 is 44.2 Å². The molecular formula is C16H17F3N4O3S3. The molecule has 1 fully saturated rings. The molecule has 0 spiro atoms. The number of halogens is 3. The maximum absolute atomic E-state index is 13.3. The zero-order valence-corrected chi connectivity index (χ0v) is 17.6. The monoisotopic (exact) mass is 466 g/mol. The third kappa shape index (κ3) is 4.73. The number of nitrogens with zero attached hydrogens (tertiary/aromatic N) is 3. The van der Waals surface area contributed by atoms with Gasteiger partial charge in [0.05, 0.1) is 10.5 Å². The van der Waals surface area contributed by atoms with Crippen molar-refractivity contribution in [2.45, 2.75) is 41.2 Å². The second-order valence-electron chi connectivity index (χ2n) is 6.06. The molecule has 2 aromatic rings. The average molecular weight is 467 g/mol. The molecule has 0 unspecified atom stereocenters. The molecule has 1 amide bonds. The third-order valence-electron chi connectivity index (χ3n) is 4.19. The molecule has 0 bridgehead atoms. The van der Waals surface area contributed by atoms with Gasteiger partial charge in [0.25, 0.3) is 0 Å². The van der Waals surface area contributed by atoms with E-state index in [1.54, 1.807) is 0 Å². The number of anilines is 1. The number of carbonyl (C=O) groups excluding carboxylic acids is 1. The number of nitrogens with one attached hydrogen (secondary N) is 1. The summed E-state index contributed by atoms with van der Waals surface area (Å²) in [5.41, 5.74) is -1.25. The lowest BCUT2D eigenvalue weighted by Crippen LogP contribution is -2.43. The van der Waals surface area contributed by atoms with Crippen molar-refractivity contribution in [3.63, 3.8) is 0 Å². The molecule has 158 valence electrons. The first-order valence-corrected chi connectivity index (χ1v) is 11.8. The van der Waals surface area contributed by atoms with Crippen molar-refractivity contribution in [3.8, 4) is 0 Å². The highest BCUT2D eigenvalue weighted by atomic mass is 32.2. The molecule has 0 aliphatic carbocycles. The molecule has 2 heterocycles. The molecule has 1 aromatic heterocycles. The fourth-order valence-electron chi connectivity index (χ4n) is 2.97. The number of sulfonamides is 1. The van der Waals surface area contributed by atoms with Crippen molar-refractivity contribution in [2.75, 3.05) is 17.6 Å². The minimum absolute atomic E-state index is 0.0420. The van der Waals surface area contributed by atoms with Gasteiger partial charge in [0.15, 0.2) is 4.34 Å². The Morgan fingerprint density at radius 1 is 1.34 bits per heavy atom. The van der Waals surface area contributed by atoms with E-state index in [0.29, 0.717) is 16.8 Å². The van der Waals surface area contributed by atoms with Crippen LogP contribution < -0.4 is 5.32 Å². The highest BCUT2D eigenvalue weighted by Crippen LogP contribution is 2.37. The van der Waals surface area contributed by atoms with Crippen LogP contribution in [0.3, 0.4) is 0 Å². The van der Waals surface area contributed by atoms with E-state index in [2.05, 4.69) is 15.5 Å². The predicted molar refractivity (Wildman–Crippen MR) is 103 cm³/mol. The highest BCUT2D eigenvalue weighted by Gasteiger charge is 2.44. The van der Waals surface area contributed by atoms with Crippen LogP contribution in [0.5, 0.6) is 0 Å². The molecule has 13 heteroatoms. The molecule has 0 saturated carbocycles. The first-order chi connectivity index (χ1) is 13.6. The highest BCUT2D eigenvalue weighted by molar-refractivity contribution is 8.01. The Kier molecular flexibility index (Phi) is 6.51. The maximum Gasteiger partial charge on any atom is 0.417 e. The number of hydrogen-bond donors (Lipinski definition) is 1. The number of benzene rings is 1. The largest absolute Gasteiger partial charge is 0.417 e. The van der Waals surface area contributed by atoms with Gasteiger partial charge < -0.3 is 0 Å². The number of hydrogen-bond acceptors (Lipinski definition) is 7. The lowest BCUT2D eigenvalue weighted by atomic mass is 10.2. The van der Waals surface area contributed by atoms with Crippen LogP contribution in [0.1, 0.15) is 25.3 Å². The number of carbonyl (C=O) groups is 1. The van der Waals surface area contributed by atoms with Crippen LogP contribution in [0.25, 0.3) is 0 Å². The first-order valence-electron chi connectivity index (χ1n) is 8.60. The molecule has 1 saturated heterocycles. The van der Waals surface area contributed by atoms with Gasteiger partial charge >= 0.3 is 6.18 Å². The van der Waals surface area contributed by atoms with E-state index in [1.165, 1.54) is 17.8 Å². The van der Waals surface area contributed by atoms with Gasteiger partial charge in [0.2, 0.25) is 21.1 Å². The summed E-state index contributed by atoms with van der Waals surface area (Å²) in [5.74, 6) is 0.135. The topological polar surface area (TPSA) is 92.3 Å². The van der Waals surface area contributed by atoms with Gasteiger partial charge in [-0.05, 0) is 30.7 Å². The summed E-state index contributed by atoms with van der Waals surface area (Å²) in [6, 6.07) is 2.85. The van der Waals surface area contributed by atoms with Crippen LogP contribution in [0.4, 0.5) is 18.3 Å². The van der Waals surface area contributed by atoms with Crippen molar-refractivity contribution < 1.29 is 26.4 Å². The maximum atomic E-state index is 13.3. The molecule has 1 aromatic carbocycles. The van der Waals surface area contributed by atoms with E-state index in [-0.39, 0.29) is 18.1 Å². The van der Waals surface area contributed by atoms with Gasteiger partial charge in [0, 0.05) is 6.54 Å². The fourth-order valence-corrected chi connectivity index (χ4v) is 6.50. The summed E-state index contributed by atoms with van der Waals surface area (Å²) >= 11 is 2.59. The number of alkyl halides is 3. The quantitative estimate of drug-likeness (QED) is 0.518. The zero-order valence-electron chi connectivity index (χ0n) is 15.1. The molecule has 1 N–H and O–H groups in total. The SMILES string of the molecule is CCSc1nnc(NC(=O)[C@@H]2CCCN2S(=O)(=O)c2ccccc2C(F)(F)F)s1. The Bertz CT molecular complexity index is 995. The minimum Gasteiger partial charge on any atom is -0.299 e. The van der Waals surface area contributed by atoms with Crippen LogP contribution >= 0.6 is 23.1 Å². The van der Waals surface area contributed by atoms with E-state index < -0.39 is 38.6 Å². The van der Waals surface area contributed by atoms with Gasteiger partial charge in [-0.15, -0.1) is 10.2 Å². The Morgan fingerprint density at radius 2 is 2.07 bits per heavy atom. The third-order valence-corrected chi connectivity index (χ3v) is 8.01. The lowest BCUT2D eigenvalue weighted by Gasteiger charge is -2.24. The van der Waals surface area contributed by atoms with Crippen LogP contribution in [-0.4, -0.2) is 47.2 Å². The summed E-state index contributed by atoms with van der Waals surface area (Å²) in [6.45, 7) is 1.89. The molecule has 1 atom stereocenters. The van der Waals surface area contributed by atoms with Crippen molar-refractivity contribution in [1.29, 1.82) is 0 Å². The standard InChI is InChI=1S/C16H17F3N4O3S3/c1-2-27-15-22-21-14(28-15)20-13(24)11-7-5-9-23(11)29(25,26)12-8-4-3-6-10(12)16(17,18)19/h3-4,6,8,11H,2,5,7,9H2,1H3,(H,20,21,24)/t11-/m0/s1. The summed E-state index contributed by atoms with van der Waals surface area (Å²) in [4.78, 5) is 11.8. The number of thioether (sulfide) groups is 1. The molecule has 7 nitrogen and oxygen atoms in total. The van der Waals surface area contributed by atoms with E-state index in [4.69, 9.17) is 0 Å². The van der Waals surface area contributed by atoms with E-state index in [0.717, 1.165) is 33.5 Å². The summed E-state index contributed by atoms with van der Waals surface area (Å²) < 4.78 is 67.3. The van der Waals surface area contributed by atoms with Crippen LogP contribution in [0, 0.1) is 0 Å². The van der Waals surface area contributed by atoms with Crippen molar-refractivity contribution in [1.82, 2.24) is 14.5 Å². The predicted octanol–water partition coefficient (Wildman–Crippen LogP) is 3.46. The minimum atomic E-state index is -4.83. The van der Waals surface area contributed by atoms with Crippen molar-refractivity contribution in [3.05, 3.63) is 29.8 Å². The molecule has 29 heavy (non-hydrogen) atoms. The number of rotatable bonds is 6. The number of amides is 1. The van der Waals surface area contributed by atoms with Gasteiger partial charge in [-0.2, -0.15) is 17.5 Å². The van der Waals surface area contributed by atoms with E-state index >= 15 is 0 Å². The molecule has 0 radical (unpaired) electrons. The van der Waals surface area contributed by atoms with Crippen molar-refractivity contribution in [2.24, 2.45) is 0 Å². The molecular weight excluding hydrogens is 449 g/mol. The Morgan fingerprint density at radius 3 is 2.76 bits per heavy atom. The van der Waals surface area contributed by atoms with Crippen LogP contribution in [-0.2, 0) is 21.0 Å². The Labute approximate surface area is 173 Å². The number of aromatic nitrogens is 2. The van der Waals surface area contributed by atoms with Gasteiger partial charge in [-0.25, -0.2) is 8.42 Å². The van der Waals surface area contributed by atoms with Gasteiger partial charge in [0.1, 0.15) is 6.04 Å². The first kappa shape index (κ1) is 22.0. The smallest absolute Gasteiger partial charge is 0.299 e. The second kappa shape index (κ2) is 8.58. The summed E-state index contributed by atoms with van der Waals surface area (Å²) in [7, 11) is -4.53. The Balaban J connectivity index is 1.85. The van der Waals surface area contributed by atoms with E-state index in [9.17, 15) is 26.4 Å². The summed E-state index contributed by atoms with van der Waals surface area (Å²) in [5, 5.41) is 10.5. The van der Waals surface area contributed by atoms with Crippen LogP contribution in [0.15, 0.2) is 33.5 Å². The lowest BCUT2D eigenvalue weighted by molar-refractivity contribution is -0.139. The average Bonchev–Trinajstić information content (AvgIpc) is 3.31. The zero-order chi connectivity index (χ0) is 21.2. The van der Waals surface area contributed by atoms with Gasteiger partial charge in [-0.3, -0.25) is 10.1 Å². The molecule has 3 rings (SSSR count). The normalized spacial score (nSPS) is 18.1. The van der Waals surface area contributed by atoms with Gasteiger partial charge in [-0.1, -0.05) is 42.2 Å².